The molecule has 1 aromatic carbocycles. The fourth-order valence-electron chi connectivity index (χ4n) is 1.96. The molecule has 0 spiro atoms. The van der Waals surface area contributed by atoms with Gasteiger partial charge < -0.3 is 15.9 Å². The van der Waals surface area contributed by atoms with Crippen LogP contribution in [0.25, 0.3) is 0 Å². The van der Waals surface area contributed by atoms with E-state index in [0.29, 0.717) is 12.0 Å². The Morgan fingerprint density at radius 2 is 2.21 bits per heavy atom. The molecule has 0 radical (unpaired) electrons. The highest BCUT2D eigenvalue weighted by Gasteiger charge is 2.26. The predicted octanol–water partition coefficient (Wildman–Crippen LogP) is 1.04. The van der Waals surface area contributed by atoms with Crippen molar-refractivity contribution in [3.63, 3.8) is 0 Å². The van der Waals surface area contributed by atoms with Crippen LogP contribution >= 0.6 is 0 Å². The van der Waals surface area contributed by atoms with Crippen LogP contribution in [0.2, 0.25) is 0 Å². The van der Waals surface area contributed by atoms with Gasteiger partial charge in [-0.05, 0) is 30.0 Å². The van der Waals surface area contributed by atoms with Crippen LogP contribution in [0.3, 0.4) is 0 Å². The van der Waals surface area contributed by atoms with Gasteiger partial charge in [-0.15, -0.1) is 0 Å². The van der Waals surface area contributed by atoms with Gasteiger partial charge in [0, 0.05) is 6.04 Å². The minimum atomic E-state index is -1.09. The number of nitrogens with two attached hydrogens (primary N) is 1. The third-order valence-electron chi connectivity index (χ3n) is 2.65. The summed E-state index contributed by atoms with van der Waals surface area (Å²) in [6.45, 7) is 0. The summed E-state index contributed by atoms with van der Waals surface area (Å²) in [6.07, 6.45) is 1.38. The van der Waals surface area contributed by atoms with Gasteiger partial charge in [0.25, 0.3) is 0 Å². The molecule has 0 saturated carbocycles. The van der Waals surface area contributed by atoms with E-state index >= 15 is 0 Å². The molecule has 74 valence electrons. The lowest BCUT2D eigenvalue weighted by Crippen LogP contribution is -2.07. The average molecular weight is 193 g/mol. The van der Waals surface area contributed by atoms with Gasteiger partial charge in [-0.1, -0.05) is 6.07 Å². The van der Waals surface area contributed by atoms with Crippen LogP contribution in [0, 0.1) is 0 Å². The monoisotopic (exact) mass is 193 g/mol. The summed E-state index contributed by atoms with van der Waals surface area (Å²) >= 11 is 0. The molecule has 1 aromatic rings. The van der Waals surface area contributed by atoms with Crippen molar-refractivity contribution in [1.82, 2.24) is 0 Å². The lowest BCUT2D eigenvalue weighted by molar-refractivity contribution is 0.0692. The van der Waals surface area contributed by atoms with E-state index in [4.69, 9.17) is 10.8 Å². The van der Waals surface area contributed by atoms with E-state index in [2.05, 4.69) is 0 Å². The van der Waals surface area contributed by atoms with Gasteiger partial charge in [0.05, 0.1) is 0 Å². The highest BCUT2D eigenvalue weighted by Crippen LogP contribution is 2.35. The van der Waals surface area contributed by atoms with Crippen molar-refractivity contribution in [3.8, 4) is 5.75 Å². The summed E-state index contributed by atoms with van der Waals surface area (Å²) in [5.74, 6) is -1.26. The molecule has 0 heterocycles. The van der Waals surface area contributed by atoms with Crippen LogP contribution in [-0.2, 0) is 6.42 Å². The highest BCUT2D eigenvalue weighted by atomic mass is 16.4. The number of phenols is 1. The normalized spacial score (nSPS) is 19.4. The Morgan fingerprint density at radius 1 is 1.50 bits per heavy atom. The zero-order valence-corrected chi connectivity index (χ0v) is 7.53. The number of aromatic carboxylic acids is 1. The van der Waals surface area contributed by atoms with Crippen LogP contribution in [0.5, 0.6) is 5.75 Å². The number of hydrogen-bond acceptors (Lipinski definition) is 3. The molecule has 0 aliphatic heterocycles. The van der Waals surface area contributed by atoms with Crippen molar-refractivity contribution in [2.75, 3.05) is 0 Å². The van der Waals surface area contributed by atoms with E-state index in [1.807, 2.05) is 0 Å². The number of carboxylic acid groups (broad SMARTS) is 1. The molecule has 4 N–H and O–H groups in total. The number of benzene rings is 1. The SMILES string of the molecule is N[C@@H]1CCc2c1ccc(O)c2C(=O)O. The Labute approximate surface area is 81.0 Å². The standard InChI is InChI=1S/C10H11NO3/c11-7-3-1-6-5(7)2-4-8(12)9(6)10(13)14/h2,4,7,12H,1,3,11H2,(H,13,14)/t7-/m1/s1. The van der Waals surface area contributed by atoms with Crippen molar-refractivity contribution in [2.45, 2.75) is 18.9 Å². The first-order valence-electron chi connectivity index (χ1n) is 4.45. The first kappa shape index (κ1) is 9.02. The van der Waals surface area contributed by atoms with E-state index in [9.17, 15) is 9.90 Å². The maximum Gasteiger partial charge on any atom is 0.339 e. The zero-order chi connectivity index (χ0) is 10.3. The third kappa shape index (κ3) is 1.15. The zero-order valence-electron chi connectivity index (χ0n) is 7.53. The molecule has 4 nitrogen and oxygen atoms in total. The molecule has 1 atom stereocenters. The van der Waals surface area contributed by atoms with Crippen molar-refractivity contribution in [1.29, 1.82) is 0 Å². The molecule has 14 heavy (non-hydrogen) atoms. The van der Waals surface area contributed by atoms with E-state index < -0.39 is 5.97 Å². The molecule has 1 aliphatic carbocycles. The molecule has 0 saturated heterocycles. The average Bonchev–Trinajstić information content (AvgIpc) is 2.47. The van der Waals surface area contributed by atoms with Gasteiger partial charge in [0.2, 0.25) is 0 Å². The maximum atomic E-state index is 10.9. The number of hydrogen-bond donors (Lipinski definition) is 3. The van der Waals surface area contributed by atoms with Gasteiger partial charge >= 0.3 is 5.97 Å². The smallest absolute Gasteiger partial charge is 0.339 e. The lowest BCUT2D eigenvalue weighted by Gasteiger charge is -2.08. The molecule has 2 rings (SSSR count). The van der Waals surface area contributed by atoms with Crippen LogP contribution in [0.15, 0.2) is 12.1 Å². The largest absolute Gasteiger partial charge is 0.507 e. The van der Waals surface area contributed by atoms with E-state index in [1.165, 1.54) is 6.07 Å². The molecule has 0 unspecified atom stereocenters. The van der Waals surface area contributed by atoms with Crippen molar-refractivity contribution in [3.05, 3.63) is 28.8 Å². The van der Waals surface area contributed by atoms with Gasteiger partial charge in [-0.2, -0.15) is 0 Å². The van der Waals surface area contributed by atoms with Gasteiger partial charge in [-0.25, -0.2) is 4.79 Å². The van der Waals surface area contributed by atoms with Gasteiger partial charge in [0.15, 0.2) is 0 Å². The molecular formula is C10H11NO3. The Hall–Kier alpha value is -1.55. The predicted molar refractivity (Wildman–Crippen MR) is 50.3 cm³/mol. The Balaban J connectivity index is 2.65. The molecule has 0 bridgehead atoms. The second-order valence-corrected chi connectivity index (χ2v) is 3.48. The van der Waals surface area contributed by atoms with Crippen molar-refractivity contribution in [2.24, 2.45) is 5.73 Å². The number of carboxylic acids is 1. The fourth-order valence-corrected chi connectivity index (χ4v) is 1.96. The second-order valence-electron chi connectivity index (χ2n) is 3.48. The van der Waals surface area contributed by atoms with Gasteiger partial charge in [-0.3, -0.25) is 0 Å². The van der Waals surface area contributed by atoms with E-state index in [1.54, 1.807) is 6.07 Å². The number of aromatic hydroxyl groups is 1. The minimum absolute atomic E-state index is 0.00968. The third-order valence-corrected chi connectivity index (χ3v) is 2.65. The fraction of sp³-hybridized carbons (Fsp3) is 0.300. The Bertz CT molecular complexity index is 401. The maximum absolute atomic E-state index is 10.9. The first-order valence-corrected chi connectivity index (χ1v) is 4.45. The molecule has 0 aromatic heterocycles. The number of carbonyl (C=O) groups is 1. The number of fused-ring (bicyclic) bond motifs is 1. The van der Waals surface area contributed by atoms with Crippen LogP contribution in [0.4, 0.5) is 0 Å². The summed E-state index contributed by atoms with van der Waals surface area (Å²) in [5.41, 5.74) is 7.33. The van der Waals surface area contributed by atoms with Gasteiger partial charge in [0.1, 0.15) is 11.3 Å². The van der Waals surface area contributed by atoms with Crippen LogP contribution in [0.1, 0.15) is 33.9 Å². The summed E-state index contributed by atoms with van der Waals surface area (Å²) in [7, 11) is 0. The summed E-state index contributed by atoms with van der Waals surface area (Å²) in [6, 6.07) is 3.01. The molecule has 1 aliphatic rings. The second kappa shape index (κ2) is 2.99. The molecular weight excluding hydrogens is 182 g/mol. The molecule has 0 amide bonds. The Morgan fingerprint density at radius 3 is 2.86 bits per heavy atom. The number of rotatable bonds is 1. The first-order chi connectivity index (χ1) is 6.61. The summed E-state index contributed by atoms with van der Waals surface area (Å²) in [5, 5.41) is 18.3. The van der Waals surface area contributed by atoms with Crippen LogP contribution in [-0.4, -0.2) is 16.2 Å². The topological polar surface area (TPSA) is 83.5 Å². The van der Waals surface area contributed by atoms with E-state index in [-0.39, 0.29) is 17.4 Å². The summed E-state index contributed by atoms with van der Waals surface area (Å²) < 4.78 is 0. The minimum Gasteiger partial charge on any atom is -0.507 e. The quantitative estimate of drug-likeness (QED) is 0.622. The highest BCUT2D eigenvalue weighted by molar-refractivity contribution is 5.93. The summed E-state index contributed by atoms with van der Waals surface area (Å²) in [4.78, 5) is 10.9. The lowest BCUT2D eigenvalue weighted by atomic mass is 10.0. The van der Waals surface area contributed by atoms with Crippen LogP contribution < -0.4 is 5.73 Å². The molecule has 0 fully saturated rings. The Kier molecular flexibility index (Phi) is 1.93. The van der Waals surface area contributed by atoms with Crippen molar-refractivity contribution < 1.29 is 15.0 Å². The van der Waals surface area contributed by atoms with Crippen molar-refractivity contribution >= 4 is 5.97 Å². The van der Waals surface area contributed by atoms with E-state index in [0.717, 1.165) is 12.0 Å². The molecule has 4 heteroatoms.